The second-order valence-corrected chi connectivity index (χ2v) is 7.74. The van der Waals surface area contributed by atoms with E-state index in [1.807, 2.05) is 6.08 Å². The molecule has 1 fully saturated rings. The number of rotatable bonds is 4. The molecule has 0 spiro atoms. The van der Waals surface area contributed by atoms with Gasteiger partial charge in [-0.25, -0.2) is 0 Å². The molecule has 1 saturated heterocycles. The van der Waals surface area contributed by atoms with Crippen molar-refractivity contribution in [2.45, 2.75) is 12.6 Å². The Morgan fingerprint density at radius 3 is 2.33 bits per heavy atom. The van der Waals surface area contributed by atoms with E-state index in [1.165, 1.54) is 31.7 Å². The van der Waals surface area contributed by atoms with Crippen LogP contribution in [0.1, 0.15) is 12.5 Å². The van der Waals surface area contributed by atoms with Crippen molar-refractivity contribution in [2.24, 2.45) is 0 Å². The summed E-state index contributed by atoms with van der Waals surface area (Å²) in [6, 6.07) is 8.95. The number of likely N-dealkylation sites (N-methyl/N-ethyl adjacent to an activating group) is 1. The Labute approximate surface area is 113 Å². The summed E-state index contributed by atoms with van der Waals surface area (Å²) < 4.78 is 0. The summed E-state index contributed by atoms with van der Waals surface area (Å²) in [4.78, 5) is 5.08. The smallest absolute Gasteiger partial charge is 0.0739 e. The molecule has 1 heterocycles. The van der Waals surface area contributed by atoms with Crippen molar-refractivity contribution in [1.82, 2.24) is 9.80 Å². The summed E-state index contributed by atoms with van der Waals surface area (Å²) in [5, 5.41) is 1.56. The Morgan fingerprint density at radius 1 is 1.17 bits per heavy atom. The standard InChI is InChI=1S/C15H24N2Si/c1-4-14-5-7-15(8-6-14)18-13(2)17-11-9-16(3)10-12-17/h4-8,13H,1,9-12,18H2,2-3H3. The van der Waals surface area contributed by atoms with E-state index in [0.717, 1.165) is 5.67 Å². The van der Waals surface area contributed by atoms with Gasteiger partial charge < -0.3 is 9.80 Å². The normalized spacial score (nSPS) is 20.3. The number of hydrogen-bond donors (Lipinski definition) is 0. The molecule has 1 aromatic rings. The molecule has 3 heteroatoms. The minimum atomic E-state index is -0.199. The van der Waals surface area contributed by atoms with Gasteiger partial charge in [0.2, 0.25) is 0 Å². The molecule has 0 radical (unpaired) electrons. The monoisotopic (exact) mass is 260 g/mol. The third-order valence-electron chi connectivity index (χ3n) is 3.91. The van der Waals surface area contributed by atoms with Crippen molar-refractivity contribution in [2.75, 3.05) is 33.2 Å². The zero-order valence-electron chi connectivity index (χ0n) is 11.6. The molecular formula is C15H24N2Si. The molecular weight excluding hydrogens is 236 g/mol. The highest BCUT2D eigenvalue weighted by molar-refractivity contribution is 6.54. The molecule has 0 saturated carbocycles. The highest BCUT2D eigenvalue weighted by Crippen LogP contribution is 2.04. The van der Waals surface area contributed by atoms with Gasteiger partial charge in [0.15, 0.2) is 0 Å². The number of nitrogens with zero attached hydrogens (tertiary/aromatic N) is 2. The molecule has 2 nitrogen and oxygen atoms in total. The van der Waals surface area contributed by atoms with Crippen LogP contribution in [0.5, 0.6) is 0 Å². The van der Waals surface area contributed by atoms with E-state index in [2.05, 4.69) is 54.6 Å². The van der Waals surface area contributed by atoms with Gasteiger partial charge in [-0.15, -0.1) is 0 Å². The van der Waals surface area contributed by atoms with Gasteiger partial charge in [0, 0.05) is 26.2 Å². The Kier molecular flexibility index (Phi) is 4.75. The minimum absolute atomic E-state index is 0.199. The molecule has 1 atom stereocenters. The third-order valence-corrected chi connectivity index (χ3v) is 5.96. The fraction of sp³-hybridized carbons (Fsp3) is 0.467. The van der Waals surface area contributed by atoms with Gasteiger partial charge >= 0.3 is 0 Å². The minimum Gasteiger partial charge on any atom is -0.304 e. The maximum absolute atomic E-state index is 3.80. The summed E-state index contributed by atoms with van der Waals surface area (Å²) in [5.74, 6) is 0. The lowest BCUT2D eigenvalue weighted by Gasteiger charge is -2.36. The van der Waals surface area contributed by atoms with Crippen LogP contribution in [0.3, 0.4) is 0 Å². The SMILES string of the molecule is C=Cc1ccc([SiH2]C(C)N2CCN(C)CC2)cc1. The highest BCUT2D eigenvalue weighted by Gasteiger charge is 2.19. The molecule has 0 aromatic heterocycles. The lowest BCUT2D eigenvalue weighted by atomic mass is 10.2. The van der Waals surface area contributed by atoms with Crippen LogP contribution in [0.4, 0.5) is 0 Å². The second-order valence-electron chi connectivity index (χ2n) is 5.34. The van der Waals surface area contributed by atoms with Gasteiger partial charge in [-0.3, -0.25) is 0 Å². The van der Waals surface area contributed by atoms with E-state index in [4.69, 9.17) is 0 Å². The van der Waals surface area contributed by atoms with Crippen LogP contribution < -0.4 is 5.19 Å². The van der Waals surface area contributed by atoms with Gasteiger partial charge in [0.1, 0.15) is 0 Å². The van der Waals surface area contributed by atoms with Crippen LogP contribution in [0, 0.1) is 0 Å². The topological polar surface area (TPSA) is 6.48 Å². The zero-order chi connectivity index (χ0) is 13.0. The summed E-state index contributed by atoms with van der Waals surface area (Å²) in [6.45, 7) is 11.1. The Hall–Kier alpha value is -0.903. The van der Waals surface area contributed by atoms with Crippen LogP contribution >= 0.6 is 0 Å². The largest absolute Gasteiger partial charge is 0.304 e. The zero-order valence-corrected chi connectivity index (χ0v) is 13.0. The first-order valence-corrected chi connectivity index (χ1v) is 8.35. The predicted octanol–water partition coefficient (Wildman–Crippen LogP) is 0.717. The molecule has 1 aliphatic heterocycles. The van der Waals surface area contributed by atoms with Gasteiger partial charge in [-0.05, 0) is 18.3 Å². The van der Waals surface area contributed by atoms with Crippen molar-refractivity contribution >= 4 is 20.8 Å². The first-order chi connectivity index (χ1) is 8.69. The van der Waals surface area contributed by atoms with E-state index in [0.29, 0.717) is 0 Å². The van der Waals surface area contributed by atoms with Crippen molar-refractivity contribution in [3.8, 4) is 0 Å². The maximum atomic E-state index is 3.80. The summed E-state index contributed by atoms with van der Waals surface area (Å²) in [6.07, 6.45) is 1.91. The molecule has 0 N–H and O–H groups in total. The fourth-order valence-electron chi connectivity index (χ4n) is 2.52. The third kappa shape index (κ3) is 3.54. The van der Waals surface area contributed by atoms with Crippen molar-refractivity contribution in [1.29, 1.82) is 0 Å². The predicted molar refractivity (Wildman–Crippen MR) is 83.2 cm³/mol. The van der Waals surface area contributed by atoms with Gasteiger partial charge in [-0.2, -0.15) is 0 Å². The Bertz CT molecular complexity index is 380. The lowest BCUT2D eigenvalue weighted by molar-refractivity contribution is 0.146. The number of piperazine rings is 1. The molecule has 1 aromatic carbocycles. The van der Waals surface area contributed by atoms with Crippen molar-refractivity contribution in [3.63, 3.8) is 0 Å². The second kappa shape index (κ2) is 6.32. The van der Waals surface area contributed by atoms with Crippen molar-refractivity contribution < 1.29 is 0 Å². The highest BCUT2D eigenvalue weighted by atomic mass is 28.2. The van der Waals surface area contributed by atoms with Crippen LogP contribution in [0.25, 0.3) is 6.08 Å². The van der Waals surface area contributed by atoms with E-state index >= 15 is 0 Å². The molecule has 0 aliphatic carbocycles. The van der Waals surface area contributed by atoms with Crippen LogP contribution in [-0.4, -0.2) is 58.2 Å². The van der Waals surface area contributed by atoms with E-state index in [-0.39, 0.29) is 9.52 Å². The van der Waals surface area contributed by atoms with Crippen LogP contribution in [0.15, 0.2) is 30.8 Å². The van der Waals surface area contributed by atoms with Gasteiger partial charge in [-0.1, -0.05) is 49.0 Å². The molecule has 98 valence electrons. The summed E-state index contributed by atoms with van der Waals surface area (Å²) in [7, 11) is 2.02. The summed E-state index contributed by atoms with van der Waals surface area (Å²) >= 11 is 0. The average molecular weight is 260 g/mol. The number of benzene rings is 1. The lowest BCUT2D eigenvalue weighted by Crippen LogP contribution is -2.51. The molecule has 1 unspecified atom stereocenters. The molecule has 18 heavy (non-hydrogen) atoms. The van der Waals surface area contributed by atoms with Crippen LogP contribution in [-0.2, 0) is 0 Å². The average Bonchev–Trinajstić information content (AvgIpc) is 2.40. The van der Waals surface area contributed by atoms with E-state index < -0.39 is 0 Å². The fourth-order valence-corrected chi connectivity index (χ4v) is 4.34. The van der Waals surface area contributed by atoms with Gasteiger partial charge in [0.25, 0.3) is 0 Å². The summed E-state index contributed by atoms with van der Waals surface area (Å²) in [5.41, 5.74) is 1.99. The first kappa shape index (κ1) is 13.5. The molecule has 2 rings (SSSR count). The first-order valence-electron chi connectivity index (χ1n) is 6.83. The Balaban J connectivity index is 1.89. The van der Waals surface area contributed by atoms with Crippen LogP contribution in [0.2, 0.25) is 0 Å². The Morgan fingerprint density at radius 2 is 1.78 bits per heavy atom. The van der Waals surface area contributed by atoms with Crippen molar-refractivity contribution in [3.05, 3.63) is 36.4 Å². The van der Waals surface area contributed by atoms with Gasteiger partial charge in [0.05, 0.1) is 9.52 Å². The molecule has 0 amide bonds. The number of hydrogen-bond acceptors (Lipinski definition) is 2. The van der Waals surface area contributed by atoms with E-state index in [1.54, 1.807) is 5.19 Å². The maximum Gasteiger partial charge on any atom is 0.0739 e. The quantitative estimate of drug-likeness (QED) is 0.736. The molecule has 0 bridgehead atoms. The van der Waals surface area contributed by atoms with E-state index in [9.17, 15) is 0 Å². The molecule has 1 aliphatic rings.